The normalized spacial score (nSPS) is 20.8. The van der Waals surface area contributed by atoms with Crippen LogP contribution in [0.4, 0.5) is 0 Å². The molecule has 2 aromatic rings. The summed E-state index contributed by atoms with van der Waals surface area (Å²) in [6, 6.07) is 8.68. The van der Waals surface area contributed by atoms with Crippen LogP contribution in [0.3, 0.4) is 0 Å². The van der Waals surface area contributed by atoms with E-state index in [-0.39, 0.29) is 0 Å². The molecular formula is C21H32N4O2. The van der Waals surface area contributed by atoms with E-state index >= 15 is 0 Å². The Kier molecular flexibility index (Phi) is 6.52. The van der Waals surface area contributed by atoms with Crippen LogP contribution in [0.15, 0.2) is 24.3 Å². The predicted octanol–water partition coefficient (Wildman–Crippen LogP) is 2.64. The van der Waals surface area contributed by atoms with Gasteiger partial charge in [0.15, 0.2) is 0 Å². The van der Waals surface area contributed by atoms with E-state index in [9.17, 15) is 0 Å². The highest BCUT2D eigenvalue weighted by molar-refractivity contribution is 5.31. The van der Waals surface area contributed by atoms with Crippen LogP contribution < -0.4 is 10.1 Å². The maximum absolute atomic E-state index is 5.86. The van der Waals surface area contributed by atoms with Crippen molar-refractivity contribution in [3.05, 3.63) is 46.6 Å². The van der Waals surface area contributed by atoms with E-state index in [1.165, 1.54) is 11.1 Å². The maximum atomic E-state index is 5.86. The number of morpholine rings is 1. The molecule has 1 fully saturated rings. The third-order valence-electron chi connectivity index (χ3n) is 5.11. The minimum Gasteiger partial charge on any atom is -0.481 e. The van der Waals surface area contributed by atoms with Crippen LogP contribution in [0.1, 0.15) is 36.2 Å². The lowest BCUT2D eigenvalue weighted by Crippen LogP contribution is -2.45. The molecule has 0 spiro atoms. The van der Waals surface area contributed by atoms with E-state index in [4.69, 9.17) is 9.47 Å². The summed E-state index contributed by atoms with van der Waals surface area (Å²) in [5.74, 6) is 0.824. The van der Waals surface area contributed by atoms with Crippen molar-refractivity contribution >= 4 is 0 Å². The Labute approximate surface area is 162 Å². The number of ether oxygens (including phenoxy) is 2. The summed E-state index contributed by atoms with van der Waals surface area (Å²) in [6.45, 7) is 10.8. The molecule has 1 aromatic carbocycles. The number of nitrogens with one attached hydrogen (secondary N) is 1. The Morgan fingerprint density at radius 2 is 1.81 bits per heavy atom. The molecule has 3 rings (SSSR count). The second-order valence-electron chi connectivity index (χ2n) is 7.52. The zero-order valence-corrected chi connectivity index (χ0v) is 17.2. The van der Waals surface area contributed by atoms with Gasteiger partial charge in [-0.2, -0.15) is 5.10 Å². The second-order valence-corrected chi connectivity index (χ2v) is 7.52. The molecule has 0 unspecified atom stereocenters. The zero-order chi connectivity index (χ0) is 19.4. The van der Waals surface area contributed by atoms with Crippen LogP contribution in [0.2, 0.25) is 0 Å². The minimum absolute atomic E-state index is 0.292. The van der Waals surface area contributed by atoms with Gasteiger partial charge in [0.2, 0.25) is 5.88 Å². The summed E-state index contributed by atoms with van der Waals surface area (Å²) in [7, 11) is 3.61. The number of rotatable bonds is 7. The first-order chi connectivity index (χ1) is 13.0. The number of hydrogen-bond donors (Lipinski definition) is 1. The average molecular weight is 373 g/mol. The van der Waals surface area contributed by atoms with E-state index in [2.05, 4.69) is 53.4 Å². The number of nitrogens with zero attached hydrogens (tertiary/aromatic N) is 3. The van der Waals surface area contributed by atoms with Gasteiger partial charge in [-0.3, -0.25) is 4.90 Å². The molecule has 1 aliphatic heterocycles. The van der Waals surface area contributed by atoms with E-state index in [0.29, 0.717) is 12.2 Å². The van der Waals surface area contributed by atoms with Crippen LogP contribution >= 0.6 is 0 Å². The summed E-state index contributed by atoms with van der Waals surface area (Å²) in [6.07, 6.45) is 0.583. The number of hydrogen-bond acceptors (Lipinski definition) is 5. The van der Waals surface area contributed by atoms with Gasteiger partial charge in [-0.15, -0.1) is 0 Å². The van der Waals surface area contributed by atoms with Gasteiger partial charge in [0, 0.05) is 39.8 Å². The highest BCUT2D eigenvalue weighted by Crippen LogP contribution is 2.21. The van der Waals surface area contributed by atoms with Crippen LogP contribution in [-0.2, 0) is 31.4 Å². The topological polar surface area (TPSA) is 51.6 Å². The molecule has 0 aliphatic carbocycles. The minimum atomic E-state index is 0.292. The van der Waals surface area contributed by atoms with E-state index in [1.807, 2.05) is 14.0 Å². The van der Waals surface area contributed by atoms with Crippen LogP contribution in [0.25, 0.3) is 0 Å². The Morgan fingerprint density at radius 1 is 1.15 bits per heavy atom. The second kappa shape index (κ2) is 8.87. The van der Waals surface area contributed by atoms with Gasteiger partial charge in [0.05, 0.1) is 30.6 Å². The van der Waals surface area contributed by atoms with Gasteiger partial charge in [-0.1, -0.05) is 24.3 Å². The molecule has 0 radical (unpaired) electrons. The van der Waals surface area contributed by atoms with Crippen molar-refractivity contribution in [1.82, 2.24) is 20.0 Å². The van der Waals surface area contributed by atoms with Crippen LogP contribution in [0.5, 0.6) is 5.88 Å². The molecule has 148 valence electrons. The molecule has 2 atom stereocenters. The van der Waals surface area contributed by atoms with Crippen molar-refractivity contribution in [3.63, 3.8) is 0 Å². The van der Waals surface area contributed by atoms with Crippen molar-refractivity contribution in [2.45, 2.75) is 52.6 Å². The standard InChI is InChI=1S/C21H32N4O2/c1-15-12-25(13-16(2)27-15)14-19-9-7-6-8-18(19)10-22-11-20-17(3)23-24(4)21(20)26-5/h6-9,15-16,22H,10-14H2,1-5H3/t15-,16+. The highest BCUT2D eigenvalue weighted by Gasteiger charge is 2.22. The molecule has 1 saturated heterocycles. The number of methoxy groups -OCH3 is 1. The fourth-order valence-corrected chi connectivity index (χ4v) is 4.00. The van der Waals surface area contributed by atoms with Gasteiger partial charge >= 0.3 is 0 Å². The van der Waals surface area contributed by atoms with E-state index in [0.717, 1.165) is 49.9 Å². The first-order valence-corrected chi connectivity index (χ1v) is 9.69. The fourth-order valence-electron chi connectivity index (χ4n) is 4.00. The Morgan fingerprint density at radius 3 is 2.48 bits per heavy atom. The smallest absolute Gasteiger partial charge is 0.216 e. The lowest BCUT2D eigenvalue weighted by atomic mass is 10.1. The molecular weight excluding hydrogens is 340 g/mol. The first-order valence-electron chi connectivity index (χ1n) is 9.69. The fraction of sp³-hybridized carbons (Fsp3) is 0.571. The number of benzene rings is 1. The third-order valence-corrected chi connectivity index (χ3v) is 5.11. The summed E-state index contributed by atoms with van der Waals surface area (Å²) in [5, 5.41) is 8.02. The van der Waals surface area contributed by atoms with Crippen LogP contribution in [-0.4, -0.2) is 47.1 Å². The molecule has 1 aliphatic rings. The molecule has 2 heterocycles. The summed E-state index contributed by atoms with van der Waals surface area (Å²) >= 11 is 0. The van der Waals surface area contributed by atoms with Crippen molar-refractivity contribution in [1.29, 1.82) is 0 Å². The van der Waals surface area contributed by atoms with Crippen molar-refractivity contribution < 1.29 is 9.47 Å². The molecule has 6 nitrogen and oxygen atoms in total. The maximum Gasteiger partial charge on any atom is 0.216 e. The number of aromatic nitrogens is 2. The average Bonchev–Trinajstić information content (AvgIpc) is 2.88. The van der Waals surface area contributed by atoms with Gasteiger partial charge in [-0.05, 0) is 31.9 Å². The SMILES string of the molecule is COc1c(CNCc2ccccc2CN2C[C@@H](C)O[C@@H](C)C2)c(C)nn1C. The zero-order valence-electron chi connectivity index (χ0n) is 17.2. The molecule has 1 N–H and O–H groups in total. The molecule has 27 heavy (non-hydrogen) atoms. The lowest BCUT2D eigenvalue weighted by Gasteiger charge is -2.35. The summed E-state index contributed by atoms with van der Waals surface area (Å²) in [5.41, 5.74) is 4.84. The van der Waals surface area contributed by atoms with Gasteiger partial charge in [0.1, 0.15) is 0 Å². The monoisotopic (exact) mass is 372 g/mol. The van der Waals surface area contributed by atoms with Crippen molar-refractivity contribution in [2.24, 2.45) is 7.05 Å². The molecule has 0 saturated carbocycles. The Balaban J connectivity index is 1.63. The quantitative estimate of drug-likeness (QED) is 0.810. The Hall–Kier alpha value is -1.89. The molecule has 0 bridgehead atoms. The van der Waals surface area contributed by atoms with Gasteiger partial charge < -0.3 is 14.8 Å². The van der Waals surface area contributed by atoms with E-state index in [1.54, 1.807) is 11.8 Å². The Bertz CT molecular complexity index is 749. The lowest BCUT2D eigenvalue weighted by molar-refractivity contribution is -0.0705. The van der Waals surface area contributed by atoms with Gasteiger partial charge in [0.25, 0.3) is 0 Å². The third kappa shape index (κ3) is 4.89. The molecule has 6 heteroatoms. The predicted molar refractivity (Wildman–Crippen MR) is 107 cm³/mol. The molecule has 0 amide bonds. The molecule has 1 aromatic heterocycles. The highest BCUT2D eigenvalue weighted by atomic mass is 16.5. The summed E-state index contributed by atoms with van der Waals surface area (Å²) < 4.78 is 13.1. The number of aryl methyl sites for hydroxylation is 2. The van der Waals surface area contributed by atoms with Crippen LogP contribution in [0, 0.1) is 6.92 Å². The van der Waals surface area contributed by atoms with Crippen molar-refractivity contribution in [2.75, 3.05) is 20.2 Å². The first kappa shape index (κ1) is 19.9. The largest absolute Gasteiger partial charge is 0.481 e. The van der Waals surface area contributed by atoms with E-state index < -0.39 is 0 Å². The summed E-state index contributed by atoms with van der Waals surface area (Å²) in [4.78, 5) is 2.49. The van der Waals surface area contributed by atoms with Gasteiger partial charge in [-0.25, -0.2) is 4.68 Å². The van der Waals surface area contributed by atoms with Crippen molar-refractivity contribution in [3.8, 4) is 5.88 Å².